The van der Waals surface area contributed by atoms with Crippen LogP contribution in [0.15, 0.2) is 42.5 Å². The van der Waals surface area contributed by atoms with Crippen molar-refractivity contribution in [3.05, 3.63) is 53.6 Å². The van der Waals surface area contributed by atoms with E-state index in [9.17, 15) is 14.7 Å². The van der Waals surface area contributed by atoms with E-state index in [0.29, 0.717) is 12.5 Å². The molecule has 2 heterocycles. The Kier molecular flexibility index (Phi) is 9.76. The average molecular weight is 509 g/mol. The Morgan fingerprint density at radius 2 is 1.68 bits per heavy atom. The maximum absolute atomic E-state index is 12.3. The molecule has 0 bridgehead atoms. The second kappa shape index (κ2) is 11.9. The molecule has 2 aromatic carbocycles. The van der Waals surface area contributed by atoms with Gasteiger partial charge in [0, 0.05) is 31.2 Å². The van der Waals surface area contributed by atoms with Crippen LogP contribution in [0.4, 0.5) is 10.5 Å². The topological polar surface area (TPSA) is 98.9 Å². The lowest BCUT2D eigenvalue weighted by Gasteiger charge is -2.39. The zero-order valence-electron chi connectivity index (χ0n) is 19.6. The van der Waals surface area contributed by atoms with Crippen LogP contribution >= 0.6 is 24.8 Å². The largest absolute Gasteiger partial charge is 0.465 e. The van der Waals surface area contributed by atoms with E-state index < -0.39 is 6.09 Å². The Morgan fingerprint density at radius 1 is 1.06 bits per heavy atom. The summed E-state index contributed by atoms with van der Waals surface area (Å²) in [7, 11) is 0. The first-order valence-corrected chi connectivity index (χ1v) is 11.3. The first-order chi connectivity index (χ1) is 15.3. The number of nitrogens with one attached hydrogen (secondary N) is 1. The predicted molar refractivity (Wildman–Crippen MR) is 140 cm³/mol. The van der Waals surface area contributed by atoms with Crippen LogP contribution in [0.25, 0.3) is 11.1 Å². The molecule has 2 atom stereocenters. The maximum atomic E-state index is 12.3. The van der Waals surface area contributed by atoms with Crippen LogP contribution < -0.4 is 16.0 Å². The standard InChI is InChI=1S/C25H32N4O3.2ClH/c1-16-13-23(27-25(31)32)22-14-20(7-8-24(22)29(16)17(2)30)19-5-3-18(4-6-19)15-28-11-9-21(26)10-12-28;;/h3-8,14,16,21,23,27H,9-13,15,26H2,1-2H3,(H,31,32);2*1H/t16-,23+;;/m0../s1. The molecule has 1 fully saturated rings. The smallest absolute Gasteiger partial charge is 0.405 e. The van der Waals surface area contributed by atoms with Crippen molar-refractivity contribution in [2.45, 2.75) is 57.8 Å². The molecule has 4 N–H and O–H groups in total. The molecule has 0 aromatic heterocycles. The number of rotatable bonds is 4. The molecule has 4 rings (SSSR count). The molecule has 1 saturated heterocycles. The zero-order chi connectivity index (χ0) is 22.8. The number of nitrogens with two attached hydrogens (primary N) is 1. The highest BCUT2D eigenvalue weighted by Crippen LogP contribution is 2.39. The number of piperidine rings is 1. The summed E-state index contributed by atoms with van der Waals surface area (Å²) in [6.45, 7) is 6.50. The van der Waals surface area contributed by atoms with Crippen LogP contribution in [0.1, 0.15) is 50.3 Å². The van der Waals surface area contributed by atoms with Crippen molar-refractivity contribution < 1.29 is 14.7 Å². The lowest BCUT2D eigenvalue weighted by Crippen LogP contribution is -2.45. The van der Waals surface area contributed by atoms with Crippen molar-refractivity contribution in [1.29, 1.82) is 0 Å². The lowest BCUT2D eigenvalue weighted by molar-refractivity contribution is -0.117. The summed E-state index contributed by atoms with van der Waals surface area (Å²) >= 11 is 0. The Bertz CT molecular complexity index is 994. The summed E-state index contributed by atoms with van der Waals surface area (Å²) in [5, 5.41) is 11.9. The molecule has 186 valence electrons. The van der Waals surface area contributed by atoms with E-state index >= 15 is 0 Å². The number of carboxylic acid groups (broad SMARTS) is 1. The minimum Gasteiger partial charge on any atom is -0.465 e. The Morgan fingerprint density at radius 3 is 2.26 bits per heavy atom. The number of likely N-dealkylation sites (tertiary alicyclic amines) is 1. The molecule has 0 spiro atoms. The third-order valence-corrected chi connectivity index (χ3v) is 6.64. The summed E-state index contributed by atoms with van der Waals surface area (Å²) in [6.07, 6.45) is 1.59. The maximum Gasteiger partial charge on any atom is 0.405 e. The van der Waals surface area contributed by atoms with Crippen LogP contribution in [-0.2, 0) is 11.3 Å². The minimum atomic E-state index is -1.06. The summed E-state index contributed by atoms with van der Waals surface area (Å²) in [6, 6.07) is 14.4. The number of carbonyl (C=O) groups is 2. The fourth-order valence-electron chi connectivity index (χ4n) is 4.98. The van der Waals surface area contributed by atoms with Crippen LogP contribution in [0.2, 0.25) is 0 Å². The Labute approximate surface area is 213 Å². The Hall–Kier alpha value is -2.32. The third-order valence-electron chi connectivity index (χ3n) is 6.64. The fraction of sp³-hybridized carbons (Fsp3) is 0.440. The van der Waals surface area contributed by atoms with E-state index in [1.54, 1.807) is 11.8 Å². The zero-order valence-corrected chi connectivity index (χ0v) is 21.2. The fourth-order valence-corrected chi connectivity index (χ4v) is 4.98. The molecule has 2 aliphatic heterocycles. The van der Waals surface area contributed by atoms with Gasteiger partial charge in [-0.1, -0.05) is 30.3 Å². The van der Waals surface area contributed by atoms with Crippen molar-refractivity contribution in [3.8, 4) is 11.1 Å². The van der Waals surface area contributed by atoms with Gasteiger partial charge in [-0.3, -0.25) is 9.69 Å². The van der Waals surface area contributed by atoms with Crippen LogP contribution in [0, 0.1) is 0 Å². The first kappa shape index (κ1) is 27.9. The van der Waals surface area contributed by atoms with Gasteiger partial charge in [0.1, 0.15) is 0 Å². The minimum absolute atomic E-state index is 0. The lowest BCUT2D eigenvalue weighted by atomic mass is 9.89. The number of hydrogen-bond acceptors (Lipinski definition) is 4. The number of carbonyl (C=O) groups excluding carboxylic acids is 1. The van der Waals surface area contributed by atoms with E-state index in [1.807, 2.05) is 25.1 Å². The highest BCUT2D eigenvalue weighted by Gasteiger charge is 2.33. The molecule has 9 heteroatoms. The second-order valence-corrected chi connectivity index (χ2v) is 9.06. The van der Waals surface area contributed by atoms with Crippen molar-refractivity contribution in [2.75, 3.05) is 18.0 Å². The van der Waals surface area contributed by atoms with Crippen molar-refractivity contribution in [2.24, 2.45) is 5.73 Å². The molecule has 0 unspecified atom stereocenters. The summed E-state index contributed by atoms with van der Waals surface area (Å²) in [5.74, 6) is -0.0386. The van der Waals surface area contributed by atoms with Gasteiger partial charge in [0.15, 0.2) is 0 Å². The van der Waals surface area contributed by atoms with Gasteiger partial charge < -0.3 is 21.1 Å². The molecule has 34 heavy (non-hydrogen) atoms. The first-order valence-electron chi connectivity index (χ1n) is 11.3. The molecule has 2 amide bonds. The molecule has 2 aromatic rings. The van der Waals surface area contributed by atoms with Crippen LogP contribution in [0.5, 0.6) is 0 Å². The SMILES string of the molecule is CC(=O)N1c2ccc(-c3ccc(CN4CCC(N)CC4)cc3)cc2[C@H](NC(=O)O)C[C@@H]1C.Cl.Cl. The van der Waals surface area contributed by atoms with Gasteiger partial charge in [0.2, 0.25) is 5.91 Å². The van der Waals surface area contributed by atoms with Crippen molar-refractivity contribution in [3.63, 3.8) is 0 Å². The van der Waals surface area contributed by atoms with E-state index in [-0.39, 0.29) is 42.8 Å². The number of nitrogens with zero attached hydrogens (tertiary/aromatic N) is 2. The molecular weight excluding hydrogens is 475 g/mol. The molecule has 0 radical (unpaired) electrons. The summed E-state index contributed by atoms with van der Waals surface area (Å²) < 4.78 is 0. The van der Waals surface area contributed by atoms with E-state index in [1.165, 1.54) is 5.56 Å². The monoisotopic (exact) mass is 508 g/mol. The van der Waals surface area contributed by atoms with Crippen LogP contribution in [0.3, 0.4) is 0 Å². The number of anilines is 1. The normalized spacial score (nSPS) is 20.5. The third kappa shape index (κ3) is 6.21. The van der Waals surface area contributed by atoms with Crippen molar-refractivity contribution >= 4 is 42.5 Å². The second-order valence-electron chi connectivity index (χ2n) is 9.06. The number of amides is 2. The molecule has 7 nitrogen and oxygen atoms in total. The Balaban J connectivity index is 0.00000204. The molecule has 0 aliphatic carbocycles. The number of benzene rings is 2. The number of fused-ring (bicyclic) bond motifs is 1. The summed E-state index contributed by atoms with van der Waals surface area (Å²) in [4.78, 5) is 27.8. The van der Waals surface area contributed by atoms with Gasteiger partial charge in [-0.05, 0) is 73.7 Å². The van der Waals surface area contributed by atoms with Crippen molar-refractivity contribution in [1.82, 2.24) is 10.2 Å². The molecule has 2 aliphatic rings. The van der Waals surface area contributed by atoms with Gasteiger partial charge in [0.25, 0.3) is 0 Å². The average Bonchev–Trinajstić information content (AvgIpc) is 2.75. The predicted octanol–water partition coefficient (Wildman–Crippen LogP) is 4.57. The van der Waals surface area contributed by atoms with E-state index in [4.69, 9.17) is 5.73 Å². The van der Waals surface area contributed by atoms with Gasteiger partial charge in [0.05, 0.1) is 6.04 Å². The van der Waals surface area contributed by atoms with Crippen LogP contribution in [-0.4, -0.2) is 47.2 Å². The highest BCUT2D eigenvalue weighted by atomic mass is 35.5. The molecule has 0 saturated carbocycles. The van der Waals surface area contributed by atoms with E-state index in [2.05, 4.69) is 34.5 Å². The van der Waals surface area contributed by atoms with Gasteiger partial charge >= 0.3 is 6.09 Å². The number of hydrogen-bond donors (Lipinski definition) is 3. The van der Waals surface area contributed by atoms with Gasteiger partial charge in [-0.2, -0.15) is 0 Å². The molecular formula is C25H34Cl2N4O3. The highest BCUT2D eigenvalue weighted by molar-refractivity contribution is 5.94. The van der Waals surface area contributed by atoms with E-state index in [0.717, 1.165) is 54.9 Å². The van der Waals surface area contributed by atoms with Gasteiger partial charge in [-0.15, -0.1) is 24.8 Å². The van der Waals surface area contributed by atoms with Gasteiger partial charge in [-0.25, -0.2) is 4.79 Å². The number of halogens is 2. The quantitative estimate of drug-likeness (QED) is 0.561. The summed E-state index contributed by atoms with van der Waals surface area (Å²) in [5.41, 5.74) is 11.0.